The van der Waals surface area contributed by atoms with Crippen LogP contribution >= 0.6 is 0 Å². The maximum atomic E-state index is 12.1. The van der Waals surface area contributed by atoms with Crippen molar-refractivity contribution in [2.75, 3.05) is 31.3 Å². The Morgan fingerprint density at radius 1 is 1.33 bits per heavy atom. The van der Waals surface area contributed by atoms with Gasteiger partial charge in [0.15, 0.2) is 0 Å². The van der Waals surface area contributed by atoms with Gasteiger partial charge in [0.25, 0.3) is 5.91 Å². The third-order valence-corrected chi connectivity index (χ3v) is 3.06. The molecule has 2 amide bonds. The number of nitrogen functional groups attached to an aromatic ring is 1. The van der Waals surface area contributed by atoms with Crippen LogP contribution in [0.5, 0.6) is 0 Å². The maximum Gasteiger partial charge on any atom is 0.251 e. The maximum absolute atomic E-state index is 12.1. The zero-order valence-corrected chi connectivity index (χ0v) is 13.1. The van der Waals surface area contributed by atoms with Crippen molar-refractivity contribution in [3.05, 3.63) is 23.8 Å². The highest BCUT2D eigenvalue weighted by Gasteiger charge is 2.16. The topological polar surface area (TPSA) is 87.5 Å². The van der Waals surface area contributed by atoms with E-state index in [-0.39, 0.29) is 11.8 Å². The molecule has 1 aromatic rings. The van der Waals surface area contributed by atoms with Crippen LogP contribution < -0.4 is 21.3 Å². The number of hydrogen-bond acceptors (Lipinski definition) is 4. The van der Waals surface area contributed by atoms with Crippen molar-refractivity contribution in [2.45, 2.75) is 26.3 Å². The number of rotatable bonds is 6. The number of carbonyl (C=O) groups is 2. The van der Waals surface area contributed by atoms with E-state index in [0.29, 0.717) is 17.8 Å². The second kappa shape index (κ2) is 7.52. The van der Waals surface area contributed by atoms with Crippen molar-refractivity contribution in [1.29, 1.82) is 0 Å². The average molecular weight is 292 g/mol. The van der Waals surface area contributed by atoms with E-state index in [1.54, 1.807) is 25.1 Å². The third kappa shape index (κ3) is 4.66. The molecule has 4 N–H and O–H groups in total. The van der Waals surface area contributed by atoms with Crippen molar-refractivity contribution in [3.63, 3.8) is 0 Å². The fourth-order valence-corrected chi connectivity index (χ4v) is 1.85. The normalized spacial score (nSPS) is 11.6. The van der Waals surface area contributed by atoms with Gasteiger partial charge in [-0.05, 0) is 31.5 Å². The van der Waals surface area contributed by atoms with Gasteiger partial charge in [0.05, 0.1) is 11.4 Å². The van der Waals surface area contributed by atoms with Gasteiger partial charge in [-0.25, -0.2) is 0 Å². The number of amides is 2. The van der Waals surface area contributed by atoms with Crippen LogP contribution in [-0.4, -0.2) is 38.5 Å². The Bertz CT molecular complexity index is 514. The van der Waals surface area contributed by atoms with Gasteiger partial charge in [-0.15, -0.1) is 0 Å². The summed E-state index contributed by atoms with van der Waals surface area (Å²) in [6.45, 7) is 4.22. The molecule has 6 nitrogen and oxygen atoms in total. The molecule has 1 rings (SSSR count). The third-order valence-electron chi connectivity index (χ3n) is 3.06. The zero-order chi connectivity index (χ0) is 16.0. The highest BCUT2D eigenvalue weighted by molar-refractivity contribution is 5.98. The fraction of sp³-hybridized carbons (Fsp3) is 0.467. The molecule has 0 aliphatic rings. The van der Waals surface area contributed by atoms with Gasteiger partial charge in [0.1, 0.15) is 6.04 Å². The minimum absolute atomic E-state index is 0.192. The van der Waals surface area contributed by atoms with Crippen LogP contribution in [0.3, 0.4) is 0 Å². The second-order valence-electron chi connectivity index (χ2n) is 5.15. The Labute approximate surface area is 125 Å². The van der Waals surface area contributed by atoms with E-state index in [2.05, 4.69) is 10.6 Å². The van der Waals surface area contributed by atoms with Gasteiger partial charge in [-0.1, -0.05) is 6.92 Å². The lowest BCUT2D eigenvalue weighted by molar-refractivity contribution is -0.122. The summed E-state index contributed by atoms with van der Waals surface area (Å²) in [4.78, 5) is 25.7. The first-order valence-electron chi connectivity index (χ1n) is 7.02. The van der Waals surface area contributed by atoms with Gasteiger partial charge in [-0.3, -0.25) is 9.59 Å². The van der Waals surface area contributed by atoms with Crippen LogP contribution in [0.2, 0.25) is 0 Å². The smallest absolute Gasteiger partial charge is 0.251 e. The number of nitrogens with zero attached hydrogens (tertiary/aromatic N) is 1. The molecule has 0 aliphatic heterocycles. The first-order chi connectivity index (χ1) is 9.86. The van der Waals surface area contributed by atoms with E-state index in [1.165, 1.54) is 0 Å². The first kappa shape index (κ1) is 16.8. The lowest BCUT2D eigenvalue weighted by Gasteiger charge is -2.17. The van der Waals surface area contributed by atoms with E-state index in [0.717, 1.165) is 12.1 Å². The molecular weight excluding hydrogens is 268 g/mol. The molecule has 1 atom stereocenters. The molecule has 0 saturated heterocycles. The van der Waals surface area contributed by atoms with Crippen molar-refractivity contribution in [2.24, 2.45) is 0 Å². The minimum atomic E-state index is -0.584. The summed E-state index contributed by atoms with van der Waals surface area (Å²) < 4.78 is 0. The summed E-state index contributed by atoms with van der Waals surface area (Å²) in [5, 5.41) is 5.40. The molecule has 0 aliphatic carbocycles. The summed E-state index contributed by atoms with van der Waals surface area (Å²) in [7, 11) is 3.76. The van der Waals surface area contributed by atoms with Crippen LogP contribution in [-0.2, 0) is 4.79 Å². The SMILES string of the molecule is CCCNC(=O)C(C)NC(=O)c1ccc(N(C)C)c(N)c1. The van der Waals surface area contributed by atoms with E-state index >= 15 is 0 Å². The molecule has 6 heteroatoms. The molecule has 0 spiro atoms. The Hall–Kier alpha value is -2.24. The van der Waals surface area contributed by atoms with Gasteiger partial charge < -0.3 is 21.3 Å². The van der Waals surface area contributed by atoms with Gasteiger partial charge in [-0.2, -0.15) is 0 Å². The molecule has 0 aromatic heterocycles. The van der Waals surface area contributed by atoms with Crippen LogP contribution in [0, 0.1) is 0 Å². The van der Waals surface area contributed by atoms with Gasteiger partial charge >= 0.3 is 0 Å². The number of nitrogens with two attached hydrogens (primary N) is 1. The van der Waals surface area contributed by atoms with Crippen molar-refractivity contribution in [3.8, 4) is 0 Å². The summed E-state index contributed by atoms with van der Waals surface area (Å²) >= 11 is 0. The molecule has 0 saturated carbocycles. The summed E-state index contributed by atoms with van der Waals surface area (Å²) in [6, 6.07) is 4.50. The predicted octanol–water partition coefficient (Wildman–Crippen LogP) is 0.979. The van der Waals surface area contributed by atoms with E-state index < -0.39 is 6.04 Å². The molecule has 0 heterocycles. The molecular formula is C15H24N4O2. The fourth-order valence-electron chi connectivity index (χ4n) is 1.85. The standard InChI is InChI=1S/C15H24N4O2/c1-5-8-17-14(20)10(2)18-15(21)11-6-7-13(19(3)4)12(16)9-11/h6-7,9-10H,5,8,16H2,1-4H3,(H,17,20)(H,18,21). The second-order valence-corrected chi connectivity index (χ2v) is 5.15. The molecule has 116 valence electrons. The highest BCUT2D eigenvalue weighted by atomic mass is 16.2. The minimum Gasteiger partial charge on any atom is -0.397 e. The van der Waals surface area contributed by atoms with Crippen LogP contribution in [0.15, 0.2) is 18.2 Å². The van der Waals surface area contributed by atoms with Crippen molar-refractivity contribution in [1.82, 2.24) is 10.6 Å². The number of carbonyl (C=O) groups excluding carboxylic acids is 2. The highest BCUT2D eigenvalue weighted by Crippen LogP contribution is 2.22. The monoisotopic (exact) mass is 292 g/mol. The van der Waals surface area contributed by atoms with Gasteiger partial charge in [0, 0.05) is 26.2 Å². The van der Waals surface area contributed by atoms with Crippen molar-refractivity contribution < 1.29 is 9.59 Å². The van der Waals surface area contributed by atoms with Crippen molar-refractivity contribution >= 4 is 23.2 Å². The largest absolute Gasteiger partial charge is 0.397 e. The van der Waals surface area contributed by atoms with E-state index in [4.69, 9.17) is 5.73 Å². The summed E-state index contributed by atoms with van der Waals surface area (Å²) in [6.07, 6.45) is 0.856. The zero-order valence-electron chi connectivity index (χ0n) is 13.1. The van der Waals surface area contributed by atoms with Gasteiger partial charge in [0.2, 0.25) is 5.91 Å². The number of anilines is 2. The first-order valence-corrected chi connectivity index (χ1v) is 7.02. The molecule has 0 radical (unpaired) electrons. The lowest BCUT2D eigenvalue weighted by Crippen LogP contribution is -2.45. The Kier molecular flexibility index (Phi) is 6.02. The summed E-state index contributed by atoms with van der Waals surface area (Å²) in [5.41, 5.74) is 7.72. The number of nitrogens with one attached hydrogen (secondary N) is 2. The van der Waals surface area contributed by atoms with Crippen LogP contribution in [0.4, 0.5) is 11.4 Å². The Morgan fingerprint density at radius 2 is 2.00 bits per heavy atom. The number of hydrogen-bond donors (Lipinski definition) is 3. The molecule has 1 aromatic carbocycles. The molecule has 1 unspecified atom stereocenters. The van der Waals surface area contributed by atoms with E-state index in [9.17, 15) is 9.59 Å². The van der Waals surface area contributed by atoms with E-state index in [1.807, 2.05) is 25.9 Å². The molecule has 0 bridgehead atoms. The average Bonchev–Trinajstić information content (AvgIpc) is 2.43. The Morgan fingerprint density at radius 3 is 2.52 bits per heavy atom. The quantitative estimate of drug-likeness (QED) is 0.682. The predicted molar refractivity (Wildman–Crippen MR) is 85.4 cm³/mol. The lowest BCUT2D eigenvalue weighted by atomic mass is 10.1. The van der Waals surface area contributed by atoms with Crippen LogP contribution in [0.1, 0.15) is 30.6 Å². The van der Waals surface area contributed by atoms with Crippen LogP contribution in [0.25, 0.3) is 0 Å². The summed E-state index contributed by atoms with van der Waals surface area (Å²) in [5.74, 6) is -0.505. The Balaban J connectivity index is 2.71. The molecule has 21 heavy (non-hydrogen) atoms. The molecule has 0 fully saturated rings. The number of benzene rings is 1.